The van der Waals surface area contributed by atoms with E-state index in [4.69, 9.17) is 0 Å². The molecule has 0 radical (unpaired) electrons. The maximum absolute atomic E-state index is 13.4. The van der Waals surface area contributed by atoms with Crippen molar-refractivity contribution in [2.75, 3.05) is 6.54 Å². The predicted molar refractivity (Wildman–Crippen MR) is 111 cm³/mol. The third-order valence-corrected chi connectivity index (χ3v) is 7.81. The van der Waals surface area contributed by atoms with E-state index in [-0.39, 0.29) is 28.8 Å². The topological polar surface area (TPSA) is 86.7 Å². The number of rotatable bonds is 3. The molecule has 0 aromatic heterocycles. The third kappa shape index (κ3) is 3.32. The van der Waals surface area contributed by atoms with Crippen molar-refractivity contribution in [3.8, 4) is 0 Å². The van der Waals surface area contributed by atoms with Crippen LogP contribution in [0, 0.1) is 5.92 Å². The van der Waals surface area contributed by atoms with E-state index in [9.17, 15) is 18.3 Å². The summed E-state index contributed by atoms with van der Waals surface area (Å²) in [5.74, 6) is -1.07. The number of carboxylic acids is 1. The lowest BCUT2D eigenvalue weighted by atomic mass is 9.87. The number of hydrogen-bond acceptors (Lipinski definition) is 4. The molecule has 0 amide bonds. The maximum Gasteiger partial charge on any atom is 0.328 e. The molecule has 1 aromatic carbocycles. The Labute approximate surface area is 171 Å². The van der Waals surface area contributed by atoms with Gasteiger partial charge in [0.15, 0.2) is 6.04 Å². The van der Waals surface area contributed by atoms with Gasteiger partial charge in [-0.15, -0.1) is 0 Å². The number of benzene rings is 1. The first-order chi connectivity index (χ1) is 13.6. The van der Waals surface area contributed by atoms with Crippen molar-refractivity contribution in [3.63, 3.8) is 0 Å². The Morgan fingerprint density at radius 2 is 1.79 bits per heavy atom. The second-order valence-corrected chi connectivity index (χ2v) is 10.7. The van der Waals surface area contributed by atoms with E-state index in [1.807, 2.05) is 24.3 Å². The number of carboxylic acid groups (broad SMARTS) is 1. The van der Waals surface area contributed by atoms with Gasteiger partial charge in [0.1, 0.15) is 0 Å². The molecule has 6 nitrogen and oxygen atoms in total. The minimum atomic E-state index is -3.95. The maximum atomic E-state index is 13.4. The van der Waals surface area contributed by atoms with Gasteiger partial charge < -0.3 is 10.4 Å². The summed E-state index contributed by atoms with van der Waals surface area (Å²) in [5.41, 5.74) is 2.44. The summed E-state index contributed by atoms with van der Waals surface area (Å²) in [4.78, 5) is 12.3. The van der Waals surface area contributed by atoms with Gasteiger partial charge in [-0.05, 0) is 35.1 Å². The molecule has 7 heteroatoms. The van der Waals surface area contributed by atoms with Crippen LogP contribution in [-0.2, 0) is 20.2 Å². The van der Waals surface area contributed by atoms with Crippen LogP contribution in [-0.4, -0.2) is 42.4 Å². The molecule has 0 spiro atoms. The minimum absolute atomic E-state index is 0.0134. The SMILES string of the molecule is CC(C)(C)c1ccc(S(=O)(=O)N2CCC3=C(NC4C=CC=CC34)C2C(=O)O)cc1. The fourth-order valence-corrected chi connectivity index (χ4v) is 5.91. The fraction of sp³-hybridized carbons (Fsp3) is 0.409. The number of hydrogen-bond donors (Lipinski definition) is 2. The highest BCUT2D eigenvalue weighted by atomic mass is 32.2. The van der Waals surface area contributed by atoms with Gasteiger partial charge in [-0.2, -0.15) is 4.31 Å². The Hall–Kier alpha value is -2.38. The van der Waals surface area contributed by atoms with Crippen LogP contribution >= 0.6 is 0 Å². The molecule has 0 saturated carbocycles. The summed E-state index contributed by atoms with van der Waals surface area (Å²) in [6.07, 6.45) is 8.44. The van der Waals surface area contributed by atoms with Crippen molar-refractivity contribution in [2.45, 2.75) is 49.6 Å². The highest BCUT2D eigenvalue weighted by Crippen LogP contribution is 2.39. The fourth-order valence-electron chi connectivity index (χ4n) is 4.36. The minimum Gasteiger partial charge on any atom is -0.480 e. The molecule has 2 N–H and O–H groups in total. The van der Waals surface area contributed by atoms with Gasteiger partial charge in [0.05, 0.1) is 10.9 Å². The van der Waals surface area contributed by atoms with Crippen molar-refractivity contribution < 1.29 is 18.3 Å². The van der Waals surface area contributed by atoms with Crippen LogP contribution in [0.15, 0.2) is 64.7 Å². The number of nitrogens with zero attached hydrogens (tertiary/aromatic N) is 1. The van der Waals surface area contributed by atoms with Crippen molar-refractivity contribution in [1.29, 1.82) is 0 Å². The molecule has 2 aliphatic heterocycles. The zero-order valence-corrected chi connectivity index (χ0v) is 17.6. The van der Waals surface area contributed by atoms with E-state index in [0.717, 1.165) is 15.4 Å². The summed E-state index contributed by atoms with van der Waals surface area (Å²) in [6.45, 7) is 6.33. The largest absolute Gasteiger partial charge is 0.480 e. The lowest BCUT2D eigenvalue weighted by Crippen LogP contribution is -2.51. The summed E-state index contributed by atoms with van der Waals surface area (Å²) in [7, 11) is -3.95. The van der Waals surface area contributed by atoms with Crippen molar-refractivity contribution >= 4 is 16.0 Å². The van der Waals surface area contributed by atoms with Crippen LogP contribution in [0.4, 0.5) is 0 Å². The first-order valence-electron chi connectivity index (χ1n) is 9.80. The molecule has 29 heavy (non-hydrogen) atoms. The number of carbonyl (C=O) groups is 1. The first kappa shape index (κ1) is 19.9. The molecule has 2 heterocycles. The molecular weight excluding hydrogens is 388 g/mol. The zero-order valence-electron chi connectivity index (χ0n) is 16.8. The van der Waals surface area contributed by atoms with Gasteiger partial charge in [0, 0.05) is 18.2 Å². The summed E-state index contributed by atoms with van der Waals surface area (Å²) in [5, 5.41) is 13.2. The number of allylic oxidation sites excluding steroid dienone is 2. The van der Waals surface area contributed by atoms with Crippen molar-refractivity contribution in [1.82, 2.24) is 9.62 Å². The van der Waals surface area contributed by atoms with Gasteiger partial charge in [-0.3, -0.25) is 4.79 Å². The third-order valence-electron chi connectivity index (χ3n) is 5.93. The molecule has 154 valence electrons. The normalized spacial score (nSPS) is 26.8. The molecule has 1 aromatic rings. The van der Waals surface area contributed by atoms with Crippen LogP contribution in [0.5, 0.6) is 0 Å². The molecule has 3 atom stereocenters. The Kier molecular flexibility index (Phi) is 4.70. The quantitative estimate of drug-likeness (QED) is 0.794. The lowest BCUT2D eigenvalue weighted by molar-refractivity contribution is -0.140. The van der Waals surface area contributed by atoms with Gasteiger partial charge in [0.25, 0.3) is 0 Å². The molecule has 4 rings (SSSR count). The van der Waals surface area contributed by atoms with E-state index in [0.29, 0.717) is 12.1 Å². The van der Waals surface area contributed by atoms with Crippen LogP contribution in [0.3, 0.4) is 0 Å². The number of sulfonamides is 1. The number of fused-ring (bicyclic) bond motifs is 2. The summed E-state index contributed by atoms with van der Waals surface area (Å²) < 4.78 is 27.8. The number of nitrogens with one attached hydrogen (secondary N) is 1. The van der Waals surface area contributed by atoms with E-state index in [1.54, 1.807) is 24.3 Å². The molecule has 3 aliphatic rings. The van der Waals surface area contributed by atoms with Crippen molar-refractivity contribution in [3.05, 3.63) is 65.4 Å². The highest BCUT2D eigenvalue weighted by Gasteiger charge is 2.47. The average Bonchev–Trinajstić information content (AvgIpc) is 3.05. The van der Waals surface area contributed by atoms with E-state index in [2.05, 4.69) is 26.1 Å². The summed E-state index contributed by atoms with van der Waals surface area (Å²) >= 11 is 0. The van der Waals surface area contributed by atoms with Crippen LogP contribution in [0.1, 0.15) is 32.8 Å². The van der Waals surface area contributed by atoms with E-state index in [1.165, 1.54) is 0 Å². The Bertz CT molecular complexity index is 1030. The van der Waals surface area contributed by atoms with Crippen LogP contribution in [0.2, 0.25) is 0 Å². The van der Waals surface area contributed by atoms with Gasteiger partial charge >= 0.3 is 5.97 Å². The van der Waals surface area contributed by atoms with Crippen LogP contribution in [0.25, 0.3) is 0 Å². The molecule has 1 aliphatic carbocycles. The monoisotopic (exact) mass is 414 g/mol. The smallest absolute Gasteiger partial charge is 0.328 e. The Morgan fingerprint density at radius 1 is 1.14 bits per heavy atom. The Balaban J connectivity index is 1.70. The second kappa shape index (κ2) is 6.85. The molecule has 0 saturated heterocycles. The van der Waals surface area contributed by atoms with Gasteiger partial charge in [-0.1, -0.05) is 57.2 Å². The molecule has 0 fully saturated rings. The second-order valence-electron chi connectivity index (χ2n) is 8.79. The predicted octanol–water partition coefficient (Wildman–Crippen LogP) is 2.80. The van der Waals surface area contributed by atoms with E-state index >= 15 is 0 Å². The van der Waals surface area contributed by atoms with Gasteiger partial charge in [-0.25, -0.2) is 8.42 Å². The average molecular weight is 415 g/mol. The van der Waals surface area contributed by atoms with Crippen molar-refractivity contribution in [2.24, 2.45) is 5.92 Å². The molecular formula is C22H26N2O4S. The molecule has 3 unspecified atom stereocenters. The number of aliphatic carboxylic acids is 1. The first-order valence-corrected chi connectivity index (χ1v) is 11.2. The zero-order chi connectivity index (χ0) is 21.0. The van der Waals surface area contributed by atoms with Gasteiger partial charge in [0.2, 0.25) is 10.0 Å². The van der Waals surface area contributed by atoms with E-state index < -0.39 is 22.0 Å². The highest BCUT2D eigenvalue weighted by molar-refractivity contribution is 7.89. The van der Waals surface area contributed by atoms with Crippen LogP contribution < -0.4 is 5.32 Å². The lowest BCUT2D eigenvalue weighted by Gasteiger charge is -2.33. The molecule has 0 bridgehead atoms. The Morgan fingerprint density at radius 3 is 2.41 bits per heavy atom. The summed E-state index contributed by atoms with van der Waals surface area (Å²) in [6, 6.07) is 5.50. The standard InChI is InChI=1S/C22H26N2O4S/c1-22(2,3)14-8-10-15(11-9-14)29(27,28)24-13-12-17-16-6-4-5-7-18(16)23-19(17)20(24)21(25)26/h4-11,16,18,20,23H,12-13H2,1-3H3,(H,25,26).